The summed E-state index contributed by atoms with van der Waals surface area (Å²) in [6.07, 6.45) is 82.2. The van der Waals surface area contributed by atoms with Crippen LogP contribution in [-0.2, 0) is 28.6 Å². The summed E-state index contributed by atoms with van der Waals surface area (Å²) in [7, 11) is 0. The zero-order chi connectivity index (χ0) is 52.2. The molecule has 0 saturated heterocycles. The number of ether oxygens (including phenoxy) is 3. The summed E-state index contributed by atoms with van der Waals surface area (Å²) in [5.41, 5.74) is 0. The van der Waals surface area contributed by atoms with Gasteiger partial charge in [0.2, 0.25) is 0 Å². The minimum atomic E-state index is -0.825. The molecular formula is C66H108O6. The number of hydrogen-bond acceptors (Lipinski definition) is 6. The van der Waals surface area contributed by atoms with Crippen LogP contribution < -0.4 is 0 Å². The summed E-state index contributed by atoms with van der Waals surface area (Å²) >= 11 is 0. The Hall–Kier alpha value is -4.19. The number of unbranched alkanes of at least 4 members (excludes halogenated alkanes) is 22. The topological polar surface area (TPSA) is 78.9 Å². The Balaban J connectivity index is 4.47. The van der Waals surface area contributed by atoms with Crippen LogP contribution in [0.1, 0.15) is 258 Å². The first-order chi connectivity index (χ1) is 35.5. The van der Waals surface area contributed by atoms with Gasteiger partial charge in [0.25, 0.3) is 0 Å². The molecule has 0 bridgehead atoms. The first-order valence-corrected chi connectivity index (χ1v) is 29.5. The van der Waals surface area contributed by atoms with Gasteiger partial charge in [0.15, 0.2) is 6.10 Å². The monoisotopic (exact) mass is 997 g/mol. The van der Waals surface area contributed by atoms with Crippen LogP contribution in [0.5, 0.6) is 0 Å². The molecule has 72 heavy (non-hydrogen) atoms. The quantitative estimate of drug-likeness (QED) is 0.0261. The van der Waals surface area contributed by atoms with Gasteiger partial charge >= 0.3 is 17.9 Å². The molecule has 1 unspecified atom stereocenters. The molecule has 0 aliphatic heterocycles. The lowest BCUT2D eigenvalue weighted by Gasteiger charge is -2.18. The van der Waals surface area contributed by atoms with Gasteiger partial charge in [-0.05, 0) is 89.9 Å². The van der Waals surface area contributed by atoms with Gasteiger partial charge in [-0.2, -0.15) is 0 Å². The molecule has 0 aliphatic rings. The number of carbonyl (C=O) groups is 3. The molecule has 1 atom stereocenters. The SMILES string of the molecule is CC/C=C\C/C=C\C/C=C\C/C=C\C/C=C\CCCCCCCCCC(=O)OCC(COC(=O)C/C=C\C/C=C\C/C=C\C/C=C\C/C=C\CC)OC(=O)CCCCCCCCCCCCCCCCCC. The normalized spacial score (nSPS) is 13.0. The Bertz CT molecular complexity index is 1520. The number of allylic oxidation sites excluding steroid dienone is 19. The van der Waals surface area contributed by atoms with Crippen molar-refractivity contribution in [1.82, 2.24) is 0 Å². The second-order valence-corrected chi connectivity index (χ2v) is 19.2. The molecule has 0 fully saturated rings. The van der Waals surface area contributed by atoms with Crippen molar-refractivity contribution in [1.29, 1.82) is 0 Å². The van der Waals surface area contributed by atoms with Gasteiger partial charge in [-0.15, -0.1) is 0 Å². The highest BCUT2D eigenvalue weighted by molar-refractivity contribution is 5.72. The van der Waals surface area contributed by atoms with Crippen molar-refractivity contribution >= 4 is 17.9 Å². The van der Waals surface area contributed by atoms with E-state index in [2.05, 4.69) is 130 Å². The van der Waals surface area contributed by atoms with E-state index in [0.717, 1.165) is 109 Å². The van der Waals surface area contributed by atoms with Crippen LogP contribution in [0, 0.1) is 0 Å². The minimum absolute atomic E-state index is 0.115. The lowest BCUT2D eigenvalue weighted by molar-refractivity contribution is -0.166. The Morgan fingerprint density at radius 1 is 0.306 bits per heavy atom. The first kappa shape index (κ1) is 67.8. The Kier molecular flexibility index (Phi) is 55.9. The average molecular weight is 998 g/mol. The molecule has 0 N–H and O–H groups in total. The van der Waals surface area contributed by atoms with E-state index in [1.54, 1.807) is 6.08 Å². The molecule has 0 spiro atoms. The maximum absolute atomic E-state index is 12.9. The summed E-state index contributed by atoms with van der Waals surface area (Å²) < 4.78 is 16.8. The fourth-order valence-corrected chi connectivity index (χ4v) is 7.90. The number of esters is 3. The van der Waals surface area contributed by atoms with Crippen molar-refractivity contribution < 1.29 is 28.6 Å². The van der Waals surface area contributed by atoms with Gasteiger partial charge in [-0.25, -0.2) is 0 Å². The first-order valence-electron chi connectivity index (χ1n) is 29.5. The Labute approximate surface area is 443 Å². The minimum Gasteiger partial charge on any atom is -0.462 e. The van der Waals surface area contributed by atoms with Gasteiger partial charge in [-0.3, -0.25) is 14.4 Å². The van der Waals surface area contributed by atoms with E-state index < -0.39 is 12.1 Å². The summed E-state index contributed by atoms with van der Waals surface area (Å²) in [6.45, 7) is 6.32. The molecule has 0 aromatic carbocycles. The van der Waals surface area contributed by atoms with Gasteiger partial charge in [0.1, 0.15) is 13.2 Å². The van der Waals surface area contributed by atoms with Crippen LogP contribution in [0.2, 0.25) is 0 Å². The molecule has 0 aromatic rings. The second-order valence-electron chi connectivity index (χ2n) is 19.2. The van der Waals surface area contributed by atoms with Gasteiger partial charge in [0, 0.05) is 12.8 Å². The number of carbonyl (C=O) groups excluding carboxylic acids is 3. The number of hydrogen-bond donors (Lipinski definition) is 0. The van der Waals surface area contributed by atoms with Crippen molar-refractivity contribution in [3.8, 4) is 0 Å². The van der Waals surface area contributed by atoms with Crippen LogP contribution >= 0.6 is 0 Å². The van der Waals surface area contributed by atoms with Crippen LogP contribution in [0.25, 0.3) is 0 Å². The number of rotatable bonds is 52. The third-order valence-corrected chi connectivity index (χ3v) is 12.2. The predicted molar refractivity (Wildman–Crippen MR) is 311 cm³/mol. The van der Waals surface area contributed by atoms with E-state index in [9.17, 15) is 14.4 Å². The Morgan fingerprint density at radius 2 is 0.597 bits per heavy atom. The van der Waals surface area contributed by atoms with Crippen molar-refractivity contribution in [3.05, 3.63) is 122 Å². The third kappa shape index (κ3) is 56.7. The van der Waals surface area contributed by atoms with E-state index in [1.165, 1.54) is 109 Å². The standard InChI is InChI=1S/C66H108O6/c1-4-7-10-13-16-19-22-25-28-30-31-32-33-34-35-36-39-41-44-47-50-53-56-59-65(68)71-62-63(61-70-64(67)58-55-52-49-46-43-40-37-27-24-21-18-15-12-9-6-3)72-66(69)60-57-54-51-48-45-42-38-29-26-23-20-17-14-11-8-5-2/h7,9-10,12,16,18-19,21,25,27-28,31-32,34-35,37,43,46,52,55,63H,4-6,8,11,13-15,17,20,22-24,26,29-30,33,36,38-42,44-45,47-51,53-54,56-62H2,1-3H3/b10-7-,12-9-,19-16-,21-18-,28-25-,32-31-,35-34-,37-27-,46-43-,55-52-. The highest BCUT2D eigenvalue weighted by Crippen LogP contribution is 2.15. The lowest BCUT2D eigenvalue weighted by Crippen LogP contribution is -2.30. The second kappa shape index (κ2) is 59.4. The van der Waals surface area contributed by atoms with Crippen LogP contribution in [-0.4, -0.2) is 37.2 Å². The smallest absolute Gasteiger partial charge is 0.309 e. The molecular weight excluding hydrogens is 889 g/mol. The van der Waals surface area contributed by atoms with Gasteiger partial charge in [0.05, 0.1) is 6.42 Å². The van der Waals surface area contributed by atoms with Crippen molar-refractivity contribution in [2.75, 3.05) is 13.2 Å². The third-order valence-electron chi connectivity index (χ3n) is 12.2. The summed E-state index contributed by atoms with van der Waals surface area (Å²) in [6, 6.07) is 0. The van der Waals surface area contributed by atoms with Gasteiger partial charge in [-0.1, -0.05) is 271 Å². The Morgan fingerprint density at radius 3 is 0.972 bits per heavy atom. The summed E-state index contributed by atoms with van der Waals surface area (Å²) in [5, 5.41) is 0. The zero-order valence-electron chi connectivity index (χ0n) is 46.7. The van der Waals surface area contributed by atoms with Crippen LogP contribution in [0.3, 0.4) is 0 Å². The molecule has 0 heterocycles. The summed E-state index contributed by atoms with van der Waals surface area (Å²) in [5.74, 6) is -1.06. The van der Waals surface area contributed by atoms with Crippen molar-refractivity contribution in [3.63, 3.8) is 0 Å². The molecule has 0 aliphatic carbocycles. The van der Waals surface area contributed by atoms with E-state index >= 15 is 0 Å². The fourth-order valence-electron chi connectivity index (χ4n) is 7.90. The highest BCUT2D eigenvalue weighted by atomic mass is 16.6. The average Bonchev–Trinajstić information content (AvgIpc) is 3.38. The molecule has 0 saturated carbocycles. The van der Waals surface area contributed by atoms with Crippen molar-refractivity contribution in [2.24, 2.45) is 0 Å². The molecule has 6 nitrogen and oxygen atoms in total. The van der Waals surface area contributed by atoms with E-state index in [4.69, 9.17) is 14.2 Å². The largest absolute Gasteiger partial charge is 0.462 e. The molecule has 0 aromatic heterocycles. The molecule has 408 valence electrons. The predicted octanol–water partition coefficient (Wildman–Crippen LogP) is 20.0. The lowest BCUT2D eigenvalue weighted by atomic mass is 10.0. The van der Waals surface area contributed by atoms with E-state index in [1.807, 2.05) is 6.08 Å². The van der Waals surface area contributed by atoms with E-state index in [-0.39, 0.29) is 31.6 Å². The highest BCUT2D eigenvalue weighted by Gasteiger charge is 2.19. The fraction of sp³-hybridized carbons (Fsp3) is 0.652. The van der Waals surface area contributed by atoms with Gasteiger partial charge < -0.3 is 14.2 Å². The molecule has 0 radical (unpaired) electrons. The molecule has 0 rings (SSSR count). The van der Waals surface area contributed by atoms with E-state index in [0.29, 0.717) is 12.8 Å². The maximum atomic E-state index is 12.9. The maximum Gasteiger partial charge on any atom is 0.309 e. The molecule has 0 amide bonds. The van der Waals surface area contributed by atoms with Crippen molar-refractivity contribution in [2.45, 2.75) is 264 Å². The summed E-state index contributed by atoms with van der Waals surface area (Å²) in [4.78, 5) is 38.1. The van der Waals surface area contributed by atoms with Crippen LogP contribution in [0.4, 0.5) is 0 Å². The van der Waals surface area contributed by atoms with Crippen LogP contribution in [0.15, 0.2) is 122 Å². The zero-order valence-corrected chi connectivity index (χ0v) is 46.7. The molecule has 6 heteroatoms.